The van der Waals surface area contributed by atoms with Crippen LogP contribution >= 0.6 is 23.6 Å². The Hall–Kier alpha value is -2.85. The van der Waals surface area contributed by atoms with Crippen molar-refractivity contribution >= 4 is 56.4 Å². The van der Waals surface area contributed by atoms with E-state index in [-0.39, 0.29) is 22.5 Å². The van der Waals surface area contributed by atoms with E-state index in [1.807, 2.05) is 47.8 Å². The van der Waals surface area contributed by atoms with Crippen molar-refractivity contribution in [1.29, 1.82) is 0 Å². The number of thiocarbonyl (C=S) groups is 1. The molecule has 1 amide bonds. The molecule has 0 bridgehead atoms. The Morgan fingerprint density at radius 3 is 2.42 bits per heavy atom. The maximum absolute atomic E-state index is 12.8. The van der Waals surface area contributed by atoms with E-state index < -0.39 is 10.0 Å². The van der Waals surface area contributed by atoms with Gasteiger partial charge in [-0.05, 0) is 59.6 Å². The topological polar surface area (TPSA) is 78.5 Å². The Bertz CT molecular complexity index is 1160. The Kier molecular flexibility index (Phi) is 7.69. The lowest BCUT2D eigenvalue weighted by atomic mass is 10.2. The number of carbonyl (C=O) groups is 1. The van der Waals surface area contributed by atoms with Crippen molar-refractivity contribution in [2.45, 2.75) is 11.4 Å². The molecule has 1 heterocycles. The fraction of sp³-hybridized carbons (Fsp3) is 0.0909. The molecule has 160 valence electrons. The molecule has 9 heteroatoms. The molecule has 2 N–H and O–H groups in total. The van der Waals surface area contributed by atoms with Gasteiger partial charge in [-0.15, -0.1) is 11.3 Å². The standard InChI is InChI=1S/C22H21N3O3S3/c1-25(16-17-6-3-2-4-7-17)31(27,28)20-12-9-18(10-13-20)23-22(29)24-21(26)14-11-19-8-5-15-30-19/h2-15H,16H2,1H3,(H2,23,24,26,29)/b14-11+. The number of nitrogens with one attached hydrogen (secondary N) is 2. The van der Waals surface area contributed by atoms with Crippen LogP contribution in [0.2, 0.25) is 0 Å². The van der Waals surface area contributed by atoms with E-state index in [0.717, 1.165) is 10.4 Å². The molecule has 6 nitrogen and oxygen atoms in total. The van der Waals surface area contributed by atoms with Crippen LogP contribution in [0, 0.1) is 0 Å². The van der Waals surface area contributed by atoms with Crippen LogP contribution in [0.3, 0.4) is 0 Å². The Morgan fingerprint density at radius 1 is 1.06 bits per heavy atom. The lowest BCUT2D eigenvalue weighted by molar-refractivity contribution is -0.115. The normalized spacial score (nSPS) is 11.5. The first kappa shape index (κ1) is 22.8. The first-order valence-corrected chi connectivity index (χ1v) is 12.0. The highest BCUT2D eigenvalue weighted by atomic mass is 32.2. The van der Waals surface area contributed by atoms with E-state index in [4.69, 9.17) is 12.2 Å². The van der Waals surface area contributed by atoms with Gasteiger partial charge in [0.1, 0.15) is 0 Å². The minimum atomic E-state index is -3.64. The van der Waals surface area contributed by atoms with Crippen molar-refractivity contribution in [2.75, 3.05) is 12.4 Å². The van der Waals surface area contributed by atoms with Gasteiger partial charge in [0.05, 0.1) is 4.90 Å². The van der Waals surface area contributed by atoms with Crippen molar-refractivity contribution in [3.05, 3.63) is 88.6 Å². The first-order valence-electron chi connectivity index (χ1n) is 9.28. The largest absolute Gasteiger partial charge is 0.332 e. The number of rotatable bonds is 7. The monoisotopic (exact) mass is 471 g/mol. The van der Waals surface area contributed by atoms with E-state index in [9.17, 15) is 13.2 Å². The predicted octanol–water partition coefficient (Wildman–Crippen LogP) is 4.10. The smallest absolute Gasteiger partial charge is 0.250 e. The summed E-state index contributed by atoms with van der Waals surface area (Å²) in [6.07, 6.45) is 3.10. The van der Waals surface area contributed by atoms with Crippen LogP contribution in [0.1, 0.15) is 10.4 Å². The molecule has 1 aromatic heterocycles. The summed E-state index contributed by atoms with van der Waals surface area (Å²) in [5.74, 6) is -0.354. The van der Waals surface area contributed by atoms with Gasteiger partial charge in [0.15, 0.2) is 5.11 Å². The number of hydrogen-bond acceptors (Lipinski definition) is 5. The molecule has 0 radical (unpaired) electrons. The van der Waals surface area contributed by atoms with Crippen LogP contribution in [0.25, 0.3) is 6.08 Å². The highest BCUT2D eigenvalue weighted by Gasteiger charge is 2.20. The zero-order valence-electron chi connectivity index (χ0n) is 16.7. The molecule has 0 atom stereocenters. The van der Waals surface area contributed by atoms with Gasteiger partial charge in [-0.2, -0.15) is 4.31 Å². The van der Waals surface area contributed by atoms with E-state index in [2.05, 4.69) is 10.6 Å². The van der Waals surface area contributed by atoms with Gasteiger partial charge in [0, 0.05) is 30.2 Å². The number of amides is 1. The second-order valence-electron chi connectivity index (χ2n) is 6.56. The third-order valence-corrected chi connectivity index (χ3v) is 7.11. The van der Waals surface area contributed by atoms with Crippen LogP contribution in [0.4, 0.5) is 5.69 Å². The lowest BCUT2D eigenvalue weighted by Gasteiger charge is -2.17. The average molecular weight is 472 g/mol. The number of hydrogen-bond donors (Lipinski definition) is 2. The van der Waals surface area contributed by atoms with Gasteiger partial charge in [-0.3, -0.25) is 10.1 Å². The summed E-state index contributed by atoms with van der Waals surface area (Å²) in [6.45, 7) is 0.276. The summed E-state index contributed by atoms with van der Waals surface area (Å²) in [7, 11) is -2.09. The molecule has 2 aromatic carbocycles. The van der Waals surface area contributed by atoms with E-state index >= 15 is 0 Å². The molecule has 0 saturated carbocycles. The zero-order valence-corrected chi connectivity index (χ0v) is 19.1. The first-order chi connectivity index (χ1) is 14.8. The van der Waals surface area contributed by atoms with Crippen LogP contribution in [-0.4, -0.2) is 30.8 Å². The number of thiophene rings is 1. The molecule has 31 heavy (non-hydrogen) atoms. The molecule has 0 aliphatic carbocycles. The lowest BCUT2D eigenvalue weighted by Crippen LogP contribution is -2.32. The van der Waals surface area contributed by atoms with E-state index in [0.29, 0.717) is 5.69 Å². The zero-order chi connectivity index (χ0) is 22.3. The van der Waals surface area contributed by atoms with Crippen LogP contribution < -0.4 is 10.6 Å². The van der Waals surface area contributed by atoms with Gasteiger partial charge in [-0.1, -0.05) is 36.4 Å². The molecular weight excluding hydrogens is 450 g/mol. The van der Waals surface area contributed by atoms with Crippen molar-refractivity contribution in [3.63, 3.8) is 0 Å². The summed E-state index contributed by atoms with van der Waals surface area (Å²) in [6, 6.07) is 19.4. The van der Waals surface area contributed by atoms with Crippen molar-refractivity contribution in [2.24, 2.45) is 0 Å². The molecule has 0 fully saturated rings. The van der Waals surface area contributed by atoms with Crippen molar-refractivity contribution < 1.29 is 13.2 Å². The third-order valence-electron chi connectivity index (χ3n) is 4.25. The highest BCUT2D eigenvalue weighted by Crippen LogP contribution is 2.19. The van der Waals surface area contributed by atoms with Gasteiger partial charge in [-0.25, -0.2) is 8.42 Å². The maximum Gasteiger partial charge on any atom is 0.250 e. The van der Waals surface area contributed by atoms with E-state index in [1.54, 1.807) is 25.3 Å². The maximum atomic E-state index is 12.8. The summed E-state index contributed by atoms with van der Waals surface area (Å²) < 4.78 is 26.9. The molecule has 0 aliphatic rings. The quantitative estimate of drug-likeness (QED) is 0.401. The van der Waals surface area contributed by atoms with Gasteiger partial charge >= 0.3 is 0 Å². The Morgan fingerprint density at radius 2 is 1.77 bits per heavy atom. The molecule has 3 aromatic rings. The predicted molar refractivity (Wildman–Crippen MR) is 129 cm³/mol. The SMILES string of the molecule is CN(Cc1ccccc1)S(=O)(=O)c1ccc(NC(=S)NC(=O)/C=C/c2cccs2)cc1. The van der Waals surface area contributed by atoms with Gasteiger partial charge in [0.2, 0.25) is 15.9 Å². The highest BCUT2D eigenvalue weighted by molar-refractivity contribution is 7.89. The Balaban J connectivity index is 1.57. The van der Waals surface area contributed by atoms with Crippen molar-refractivity contribution in [1.82, 2.24) is 9.62 Å². The summed E-state index contributed by atoms with van der Waals surface area (Å²) in [5, 5.41) is 7.47. The van der Waals surface area contributed by atoms with Crippen LogP contribution in [0.15, 0.2) is 83.1 Å². The minimum Gasteiger partial charge on any atom is -0.332 e. The molecule has 0 saturated heterocycles. The second-order valence-corrected chi connectivity index (χ2v) is 10.00. The van der Waals surface area contributed by atoms with Gasteiger partial charge in [0.25, 0.3) is 0 Å². The number of sulfonamides is 1. The number of benzene rings is 2. The summed E-state index contributed by atoms with van der Waals surface area (Å²) in [4.78, 5) is 13.1. The minimum absolute atomic E-state index is 0.123. The number of carbonyl (C=O) groups excluding carboxylic acids is 1. The molecule has 0 aliphatic heterocycles. The molecule has 0 spiro atoms. The fourth-order valence-electron chi connectivity index (χ4n) is 2.68. The third kappa shape index (κ3) is 6.56. The summed E-state index contributed by atoms with van der Waals surface area (Å²) >= 11 is 6.67. The molecule has 0 unspecified atom stereocenters. The van der Waals surface area contributed by atoms with E-state index in [1.165, 1.54) is 33.9 Å². The molecular formula is C22H21N3O3S3. The number of nitrogens with zero attached hydrogens (tertiary/aromatic N) is 1. The average Bonchev–Trinajstić information content (AvgIpc) is 3.27. The van der Waals surface area contributed by atoms with Gasteiger partial charge < -0.3 is 5.32 Å². The molecule has 3 rings (SSSR count). The fourth-order valence-corrected chi connectivity index (χ4v) is 4.67. The van der Waals surface area contributed by atoms with Crippen LogP contribution in [0.5, 0.6) is 0 Å². The van der Waals surface area contributed by atoms with Crippen LogP contribution in [-0.2, 0) is 21.4 Å². The van der Waals surface area contributed by atoms with Crippen molar-refractivity contribution in [3.8, 4) is 0 Å². The second kappa shape index (κ2) is 10.5. The Labute approximate surface area is 191 Å². The summed E-state index contributed by atoms with van der Waals surface area (Å²) in [5.41, 5.74) is 1.47. The number of anilines is 1.